The predicted octanol–water partition coefficient (Wildman–Crippen LogP) is 2.80. The maximum Gasteiger partial charge on any atom is 0.131 e. The first-order valence-electron chi connectivity index (χ1n) is 7.27. The topological polar surface area (TPSA) is 26.7 Å². The number of hydrogen-bond donors (Lipinski definition) is 1. The summed E-state index contributed by atoms with van der Waals surface area (Å²) in [6.45, 7) is 11.9. The Morgan fingerprint density at radius 1 is 1.15 bits per heavy atom. The number of piperazine rings is 1. The van der Waals surface area contributed by atoms with Crippen molar-refractivity contribution in [2.24, 2.45) is 0 Å². The van der Waals surface area contributed by atoms with Crippen LogP contribution < -0.4 is 4.90 Å². The molecule has 0 aliphatic carbocycles. The molecule has 3 nitrogen and oxygen atoms in total. The third-order valence-electron chi connectivity index (χ3n) is 4.02. The highest BCUT2D eigenvalue weighted by Gasteiger charge is 2.27. The fourth-order valence-electron chi connectivity index (χ4n) is 2.83. The van der Waals surface area contributed by atoms with Crippen LogP contribution in [0.3, 0.4) is 0 Å². The van der Waals surface area contributed by atoms with Gasteiger partial charge in [0.25, 0.3) is 0 Å². The number of hydrogen-bond acceptors (Lipinski definition) is 3. The van der Waals surface area contributed by atoms with Crippen LogP contribution in [0.25, 0.3) is 0 Å². The van der Waals surface area contributed by atoms with Crippen LogP contribution in [0, 0.1) is 5.82 Å². The molecule has 1 atom stereocenters. The van der Waals surface area contributed by atoms with Crippen LogP contribution >= 0.6 is 0 Å². The lowest BCUT2D eigenvalue weighted by atomic mass is 10.0. The molecule has 20 heavy (non-hydrogen) atoms. The van der Waals surface area contributed by atoms with E-state index in [1.54, 1.807) is 13.0 Å². The molecular formula is C16H25FN2O. The van der Waals surface area contributed by atoms with Crippen molar-refractivity contribution in [1.82, 2.24) is 4.90 Å². The number of rotatable bonds is 2. The Labute approximate surface area is 121 Å². The predicted molar refractivity (Wildman–Crippen MR) is 80.6 cm³/mol. The molecule has 0 saturated carbocycles. The zero-order valence-corrected chi connectivity index (χ0v) is 12.9. The highest BCUT2D eigenvalue weighted by molar-refractivity contribution is 5.55. The van der Waals surface area contributed by atoms with E-state index < -0.39 is 6.10 Å². The molecule has 1 aromatic carbocycles. The van der Waals surface area contributed by atoms with Crippen LogP contribution in [0.4, 0.5) is 10.1 Å². The van der Waals surface area contributed by atoms with E-state index in [-0.39, 0.29) is 11.4 Å². The molecule has 1 N–H and O–H groups in total. The van der Waals surface area contributed by atoms with E-state index in [2.05, 4.69) is 30.6 Å². The summed E-state index contributed by atoms with van der Waals surface area (Å²) in [5.74, 6) is -0.323. The normalized spacial score (nSPS) is 19.2. The average Bonchev–Trinajstić information content (AvgIpc) is 2.37. The maximum atomic E-state index is 13.9. The first kappa shape index (κ1) is 15.3. The molecule has 2 rings (SSSR count). The lowest BCUT2D eigenvalue weighted by Gasteiger charge is -2.43. The summed E-state index contributed by atoms with van der Waals surface area (Å²) in [4.78, 5) is 4.61. The van der Waals surface area contributed by atoms with Gasteiger partial charge in [0.1, 0.15) is 5.82 Å². The standard InChI is InChI=1S/C16H25FN2O/c1-12(20)15-13(17)6-5-7-14(15)18-8-10-19(11-9-18)16(2,3)4/h5-7,12,20H,8-11H2,1-4H3. The van der Waals surface area contributed by atoms with Gasteiger partial charge in [0.2, 0.25) is 0 Å². The Balaban J connectivity index is 2.17. The molecule has 0 aromatic heterocycles. The fraction of sp³-hybridized carbons (Fsp3) is 0.625. The van der Waals surface area contributed by atoms with Gasteiger partial charge in [-0.2, -0.15) is 0 Å². The quantitative estimate of drug-likeness (QED) is 0.902. The van der Waals surface area contributed by atoms with Crippen LogP contribution in [-0.2, 0) is 0 Å². The summed E-state index contributed by atoms with van der Waals surface area (Å²) < 4.78 is 13.9. The van der Waals surface area contributed by atoms with Crippen molar-refractivity contribution in [1.29, 1.82) is 0 Å². The molecule has 0 spiro atoms. The molecule has 1 unspecified atom stereocenters. The van der Waals surface area contributed by atoms with Gasteiger partial charge < -0.3 is 10.0 Å². The molecule has 0 bridgehead atoms. The number of aliphatic hydroxyl groups is 1. The Bertz CT molecular complexity index is 460. The number of anilines is 1. The van der Waals surface area contributed by atoms with Crippen molar-refractivity contribution < 1.29 is 9.50 Å². The molecule has 1 fully saturated rings. The lowest BCUT2D eigenvalue weighted by Crippen LogP contribution is -2.53. The Morgan fingerprint density at radius 2 is 1.75 bits per heavy atom. The molecule has 1 aliphatic heterocycles. The van der Waals surface area contributed by atoms with Crippen molar-refractivity contribution in [3.8, 4) is 0 Å². The lowest BCUT2D eigenvalue weighted by molar-refractivity contribution is 0.128. The van der Waals surface area contributed by atoms with Crippen molar-refractivity contribution in [3.63, 3.8) is 0 Å². The monoisotopic (exact) mass is 280 g/mol. The number of benzene rings is 1. The van der Waals surface area contributed by atoms with E-state index in [9.17, 15) is 9.50 Å². The Morgan fingerprint density at radius 3 is 2.25 bits per heavy atom. The molecule has 0 amide bonds. The smallest absolute Gasteiger partial charge is 0.131 e. The molecule has 1 saturated heterocycles. The van der Waals surface area contributed by atoms with Crippen LogP contribution in [0.1, 0.15) is 39.4 Å². The van der Waals surface area contributed by atoms with Crippen molar-refractivity contribution in [3.05, 3.63) is 29.6 Å². The van der Waals surface area contributed by atoms with Crippen LogP contribution in [0.5, 0.6) is 0 Å². The summed E-state index contributed by atoms with van der Waals surface area (Å²) in [5, 5.41) is 9.82. The highest BCUT2D eigenvalue weighted by atomic mass is 19.1. The number of halogens is 1. The van der Waals surface area contributed by atoms with Gasteiger partial charge in [-0.3, -0.25) is 4.90 Å². The average molecular weight is 280 g/mol. The minimum Gasteiger partial charge on any atom is -0.389 e. The van der Waals surface area contributed by atoms with Crippen molar-refractivity contribution in [2.45, 2.75) is 39.3 Å². The second-order valence-electron chi connectivity index (χ2n) is 6.49. The summed E-state index contributed by atoms with van der Waals surface area (Å²) in [5.41, 5.74) is 1.41. The summed E-state index contributed by atoms with van der Waals surface area (Å²) in [6, 6.07) is 5.03. The minimum absolute atomic E-state index is 0.168. The van der Waals surface area contributed by atoms with E-state index in [4.69, 9.17) is 0 Å². The van der Waals surface area contributed by atoms with Crippen molar-refractivity contribution in [2.75, 3.05) is 31.1 Å². The molecule has 4 heteroatoms. The molecule has 1 aliphatic rings. The van der Waals surface area contributed by atoms with Gasteiger partial charge in [0.15, 0.2) is 0 Å². The van der Waals surface area contributed by atoms with Gasteiger partial charge in [-0.15, -0.1) is 0 Å². The maximum absolute atomic E-state index is 13.9. The number of aliphatic hydroxyl groups excluding tert-OH is 1. The largest absolute Gasteiger partial charge is 0.389 e. The second-order valence-corrected chi connectivity index (χ2v) is 6.49. The summed E-state index contributed by atoms with van der Waals surface area (Å²) >= 11 is 0. The van der Waals surface area contributed by atoms with E-state index >= 15 is 0 Å². The Kier molecular flexibility index (Phi) is 4.35. The Hall–Kier alpha value is -1.13. The van der Waals surface area contributed by atoms with Gasteiger partial charge in [-0.25, -0.2) is 4.39 Å². The van der Waals surface area contributed by atoms with Gasteiger partial charge >= 0.3 is 0 Å². The molecule has 112 valence electrons. The second kappa shape index (κ2) is 5.70. The molecular weight excluding hydrogens is 255 g/mol. The van der Waals surface area contributed by atoms with Crippen LogP contribution in [-0.4, -0.2) is 41.7 Å². The molecule has 0 radical (unpaired) electrons. The first-order valence-corrected chi connectivity index (χ1v) is 7.27. The van der Waals surface area contributed by atoms with Crippen LogP contribution in [0.2, 0.25) is 0 Å². The molecule has 1 heterocycles. The van der Waals surface area contributed by atoms with E-state index in [0.29, 0.717) is 5.56 Å². The van der Waals surface area contributed by atoms with Crippen LogP contribution in [0.15, 0.2) is 18.2 Å². The van der Waals surface area contributed by atoms with Gasteiger partial charge in [-0.1, -0.05) is 6.07 Å². The van der Waals surface area contributed by atoms with E-state index in [1.165, 1.54) is 6.07 Å². The van der Waals surface area contributed by atoms with Crippen molar-refractivity contribution >= 4 is 5.69 Å². The SMILES string of the molecule is CC(O)c1c(F)cccc1N1CCN(C(C)(C)C)CC1. The minimum atomic E-state index is -0.785. The van der Waals surface area contributed by atoms with E-state index in [0.717, 1.165) is 31.9 Å². The van der Waals surface area contributed by atoms with Gasteiger partial charge in [0.05, 0.1) is 6.10 Å². The van der Waals surface area contributed by atoms with E-state index in [1.807, 2.05) is 6.07 Å². The summed E-state index contributed by atoms with van der Waals surface area (Å²) in [7, 11) is 0. The van der Waals surface area contributed by atoms with Gasteiger partial charge in [0, 0.05) is 43.0 Å². The molecule has 1 aromatic rings. The fourth-order valence-corrected chi connectivity index (χ4v) is 2.83. The zero-order chi connectivity index (χ0) is 14.9. The first-order chi connectivity index (χ1) is 9.30. The summed E-state index contributed by atoms with van der Waals surface area (Å²) in [6.07, 6.45) is -0.785. The third kappa shape index (κ3) is 3.13. The zero-order valence-electron chi connectivity index (χ0n) is 12.9. The van der Waals surface area contributed by atoms with Gasteiger partial charge in [-0.05, 0) is 39.8 Å². The number of nitrogens with zero attached hydrogens (tertiary/aromatic N) is 2. The highest BCUT2D eigenvalue weighted by Crippen LogP contribution is 2.30. The third-order valence-corrected chi connectivity index (χ3v) is 4.02.